The molecule has 20 heavy (non-hydrogen) atoms. The summed E-state index contributed by atoms with van der Waals surface area (Å²) in [6.07, 6.45) is 1.94. The first-order chi connectivity index (χ1) is 9.48. The zero-order chi connectivity index (χ0) is 14.8. The summed E-state index contributed by atoms with van der Waals surface area (Å²) in [5.74, 6) is -0.893. The number of carbonyl (C=O) groups excluding carboxylic acids is 2. The molecule has 5 heteroatoms. The maximum atomic E-state index is 12.8. The molecule has 1 fully saturated rings. The summed E-state index contributed by atoms with van der Waals surface area (Å²) in [4.78, 5) is 24.4. The van der Waals surface area contributed by atoms with Gasteiger partial charge in [0.25, 0.3) is 0 Å². The average Bonchev–Trinajstić information content (AvgIpc) is 3.22. The third kappa shape index (κ3) is 2.98. The van der Waals surface area contributed by atoms with E-state index >= 15 is 0 Å². The van der Waals surface area contributed by atoms with Gasteiger partial charge in [0.05, 0.1) is 0 Å². The van der Waals surface area contributed by atoms with Gasteiger partial charge < -0.3 is 10.6 Å². The first-order valence-corrected chi connectivity index (χ1v) is 6.86. The summed E-state index contributed by atoms with van der Waals surface area (Å²) in [7, 11) is 0. The van der Waals surface area contributed by atoms with E-state index in [2.05, 4.69) is 10.6 Å². The fourth-order valence-electron chi connectivity index (χ4n) is 1.93. The lowest BCUT2D eigenvalue weighted by molar-refractivity contribution is -0.134. The molecular weight excluding hydrogens is 259 g/mol. The minimum absolute atomic E-state index is 0.0543. The number of nitrogens with one attached hydrogen (secondary N) is 2. The van der Waals surface area contributed by atoms with Gasteiger partial charge in [-0.2, -0.15) is 0 Å². The second-order valence-corrected chi connectivity index (χ2v) is 5.33. The molecule has 1 atom stereocenters. The molecule has 108 valence electrons. The number of amides is 2. The molecule has 0 aromatic heterocycles. The standard InChI is InChI=1S/C15H19FN2O2/c1-3-10(2)17-13(19)15(8-9-15)14(20)18-12-6-4-11(16)5-7-12/h4-7,10H,3,8-9H2,1-2H3,(H,17,19)(H,18,20). The Hall–Kier alpha value is -1.91. The molecule has 0 aliphatic heterocycles. The molecule has 2 N–H and O–H groups in total. The van der Waals surface area contributed by atoms with Gasteiger partial charge in [-0.05, 0) is 50.5 Å². The smallest absolute Gasteiger partial charge is 0.240 e. The quantitative estimate of drug-likeness (QED) is 0.813. The van der Waals surface area contributed by atoms with Crippen molar-refractivity contribution in [2.24, 2.45) is 5.41 Å². The maximum absolute atomic E-state index is 12.8. The summed E-state index contributed by atoms with van der Waals surface area (Å²) in [6.45, 7) is 3.88. The first kappa shape index (κ1) is 14.5. The van der Waals surface area contributed by atoms with Gasteiger partial charge in [-0.1, -0.05) is 6.92 Å². The minimum Gasteiger partial charge on any atom is -0.353 e. The van der Waals surface area contributed by atoms with Gasteiger partial charge in [-0.25, -0.2) is 4.39 Å². The molecular formula is C15H19FN2O2. The predicted molar refractivity (Wildman–Crippen MR) is 74.6 cm³/mol. The van der Waals surface area contributed by atoms with Crippen LogP contribution >= 0.6 is 0 Å². The number of hydrogen-bond donors (Lipinski definition) is 2. The lowest BCUT2D eigenvalue weighted by Gasteiger charge is -2.18. The Labute approximate surface area is 117 Å². The Bertz CT molecular complexity index is 509. The SMILES string of the molecule is CCC(C)NC(=O)C1(C(=O)Nc2ccc(F)cc2)CC1. The summed E-state index contributed by atoms with van der Waals surface area (Å²) in [5, 5.41) is 5.53. The van der Waals surface area contributed by atoms with Crippen LogP contribution in [-0.2, 0) is 9.59 Å². The van der Waals surface area contributed by atoms with Crippen LogP contribution in [0.4, 0.5) is 10.1 Å². The number of hydrogen-bond acceptors (Lipinski definition) is 2. The molecule has 1 aliphatic rings. The number of halogens is 1. The first-order valence-electron chi connectivity index (χ1n) is 6.86. The lowest BCUT2D eigenvalue weighted by atomic mass is 10.0. The molecule has 0 spiro atoms. The normalized spacial score (nSPS) is 17.1. The highest BCUT2D eigenvalue weighted by Gasteiger charge is 2.56. The fourth-order valence-corrected chi connectivity index (χ4v) is 1.93. The Morgan fingerprint density at radius 3 is 2.35 bits per heavy atom. The number of carbonyl (C=O) groups is 2. The molecule has 1 saturated carbocycles. The van der Waals surface area contributed by atoms with Gasteiger partial charge in [0.15, 0.2) is 0 Å². The molecule has 4 nitrogen and oxygen atoms in total. The molecule has 2 rings (SSSR count). The van der Waals surface area contributed by atoms with Gasteiger partial charge in [-0.15, -0.1) is 0 Å². The zero-order valence-corrected chi connectivity index (χ0v) is 11.7. The maximum Gasteiger partial charge on any atom is 0.240 e. The van der Waals surface area contributed by atoms with Crippen LogP contribution in [0.1, 0.15) is 33.1 Å². The van der Waals surface area contributed by atoms with E-state index in [0.717, 1.165) is 6.42 Å². The highest BCUT2D eigenvalue weighted by atomic mass is 19.1. The van der Waals surface area contributed by atoms with Crippen LogP contribution in [0, 0.1) is 11.2 Å². The summed E-state index contributed by atoms with van der Waals surface area (Å²) >= 11 is 0. The third-order valence-corrected chi connectivity index (χ3v) is 3.71. The van der Waals surface area contributed by atoms with Crippen molar-refractivity contribution in [3.05, 3.63) is 30.1 Å². The summed E-state index contributed by atoms with van der Waals surface area (Å²) in [6, 6.07) is 5.56. The van der Waals surface area contributed by atoms with Crippen LogP contribution in [0.15, 0.2) is 24.3 Å². The van der Waals surface area contributed by atoms with Crippen molar-refractivity contribution in [3.8, 4) is 0 Å². The number of rotatable bonds is 5. The molecule has 1 aromatic rings. The summed E-state index contributed by atoms with van der Waals surface area (Å²) in [5.41, 5.74) is -0.448. The second-order valence-electron chi connectivity index (χ2n) is 5.33. The van der Waals surface area contributed by atoms with Crippen molar-refractivity contribution in [2.75, 3.05) is 5.32 Å². The second kappa shape index (κ2) is 5.61. The highest BCUT2D eigenvalue weighted by Crippen LogP contribution is 2.47. The van der Waals surface area contributed by atoms with Gasteiger partial charge in [0, 0.05) is 11.7 Å². The van der Waals surface area contributed by atoms with Crippen LogP contribution in [0.5, 0.6) is 0 Å². The highest BCUT2D eigenvalue weighted by molar-refractivity contribution is 6.13. The van der Waals surface area contributed by atoms with Crippen molar-refractivity contribution in [1.29, 1.82) is 0 Å². The Balaban J connectivity index is 2.01. The molecule has 0 radical (unpaired) electrons. The molecule has 1 aromatic carbocycles. The van der Waals surface area contributed by atoms with Gasteiger partial charge in [0.2, 0.25) is 11.8 Å². The van der Waals surface area contributed by atoms with E-state index < -0.39 is 5.41 Å². The van der Waals surface area contributed by atoms with E-state index in [0.29, 0.717) is 18.5 Å². The van der Waals surface area contributed by atoms with Crippen molar-refractivity contribution in [1.82, 2.24) is 5.32 Å². The van der Waals surface area contributed by atoms with Crippen molar-refractivity contribution in [2.45, 2.75) is 39.2 Å². The van der Waals surface area contributed by atoms with Crippen molar-refractivity contribution < 1.29 is 14.0 Å². The topological polar surface area (TPSA) is 58.2 Å². The molecule has 0 bridgehead atoms. The van der Waals surface area contributed by atoms with E-state index in [-0.39, 0.29) is 23.7 Å². The number of anilines is 1. The summed E-state index contributed by atoms with van der Waals surface area (Å²) < 4.78 is 12.8. The largest absolute Gasteiger partial charge is 0.353 e. The average molecular weight is 278 g/mol. The van der Waals surface area contributed by atoms with Gasteiger partial charge in [-0.3, -0.25) is 9.59 Å². The van der Waals surface area contributed by atoms with Crippen LogP contribution in [0.2, 0.25) is 0 Å². The Morgan fingerprint density at radius 2 is 1.85 bits per heavy atom. The van der Waals surface area contributed by atoms with E-state index in [1.165, 1.54) is 24.3 Å². The van der Waals surface area contributed by atoms with E-state index in [1.807, 2.05) is 13.8 Å². The van der Waals surface area contributed by atoms with Gasteiger partial charge in [0.1, 0.15) is 11.2 Å². The molecule has 0 saturated heterocycles. The molecule has 1 aliphatic carbocycles. The zero-order valence-electron chi connectivity index (χ0n) is 11.7. The van der Waals surface area contributed by atoms with Crippen molar-refractivity contribution in [3.63, 3.8) is 0 Å². The van der Waals surface area contributed by atoms with Crippen LogP contribution in [0.25, 0.3) is 0 Å². The monoisotopic (exact) mass is 278 g/mol. The van der Waals surface area contributed by atoms with Crippen LogP contribution in [0.3, 0.4) is 0 Å². The van der Waals surface area contributed by atoms with E-state index in [4.69, 9.17) is 0 Å². The molecule has 0 heterocycles. The predicted octanol–water partition coefficient (Wildman–Crippen LogP) is 2.46. The van der Waals surface area contributed by atoms with E-state index in [9.17, 15) is 14.0 Å². The number of benzene rings is 1. The Morgan fingerprint density at radius 1 is 1.25 bits per heavy atom. The van der Waals surface area contributed by atoms with Crippen molar-refractivity contribution >= 4 is 17.5 Å². The molecule has 1 unspecified atom stereocenters. The molecule has 2 amide bonds. The van der Waals surface area contributed by atoms with Crippen LogP contribution in [-0.4, -0.2) is 17.9 Å². The van der Waals surface area contributed by atoms with Crippen LogP contribution < -0.4 is 10.6 Å². The Kier molecular flexibility index (Phi) is 4.06. The minimum atomic E-state index is -0.947. The van der Waals surface area contributed by atoms with E-state index in [1.54, 1.807) is 0 Å². The van der Waals surface area contributed by atoms with Gasteiger partial charge >= 0.3 is 0 Å². The fraction of sp³-hybridized carbons (Fsp3) is 0.467. The third-order valence-electron chi connectivity index (χ3n) is 3.71. The lowest BCUT2D eigenvalue weighted by Crippen LogP contribution is -2.43.